The van der Waals surface area contributed by atoms with Crippen LogP contribution in [-0.2, 0) is 0 Å². The first kappa shape index (κ1) is 13.7. The normalized spacial score (nSPS) is 9.12. The summed E-state index contributed by atoms with van der Waals surface area (Å²) in [6.45, 7) is 6.11. The van der Waals surface area contributed by atoms with E-state index in [0.717, 1.165) is 0 Å². The van der Waals surface area contributed by atoms with Crippen LogP contribution in [0.15, 0.2) is 59.5 Å². The molecular formula is C15H19NS. The van der Waals surface area contributed by atoms with Gasteiger partial charge in [0.2, 0.25) is 0 Å². The molecule has 2 aromatic carbocycles. The van der Waals surface area contributed by atoms with E-state index >= 15 is 0 Å². The Morgan fingerprint density at radius 2 is 1.41 bits per heavy atom. The lowest BCUT2D eigenvalue weighted by Gasteiger charge is -2.07. The molecule has 0 aromatic heterocycles. The van der Waals surface area contributed by atoms with Crippen molar-refractivity contribution < 1.29 is 0 Å². The highest BCUT2D eigenvalue weighted by Crippen LogP contribution is 2.22. The molecule has 0 bridgehead atoms. The van der Waals surface area contributed by atoms with E-state index in [9.17, 15) is 0 Å². The Bertz CT molecular complexity index is 426. The molecular weight excluding hydrogens is 226 g/mol. The Labute approximate surface area is 108 Å². The summed E-state index contributed by atoms with van der Waals surface area (Å²) in [6, 6.07) is 18.6. The van der Waals surface area contributed by atoms with Gasteiger partial charge in [-0.3, -0.25) is 0 Å². The third kappa shape index (κ3) is 4.53. The van der Waals surface area contributed by atoms with E-state index in [2.05, 4.69) is 35.9 Å². The molecule has 0 aliphatic carbocycles. The molecule has 0 fully saturated rings. The van der Waals surface area contributed by atoms with Crippen LogP contribution in [-0.4, -0.2) is 0 Å². The summed E-state index contributed by atoms with van der Waals surface area (Å²) >= 11 is 1.64. The number of anilines is 1. The molecule has 0 aliphatic rings. The number of hydrogen-bond acceptors (Lipinski definition) is 2. The summed E-state index contributed by atoms with van der Waals surface area (Å²) < 4.78 is 3.35. The number of para-hydroxylation sites is 1. The summed E-state index contributed by atoms with van der Waals surface area (Å²) in [5, 5.41) is 0. The first-order valence-corrected chi connectivity index (χ1v) is 6.71. The van der Waals surface area contributed by atoms with Crippen LogP contribution in [0, 0.1) is 6.92 Å². The smallest absolute Gasteiger partial charge is 0.0472 e. The van der Waals surface area contributed by atoms with Gasteiger partial charge in [0.15, 0.2) is 0 Å². The Hall–Kier alpha value is -1.41. The molecule has 0 saturated carbocycles. The molecule has 0 atom stereocenters. The number of nitrogens with one attached hydrogen (secondary N) is 1. The van der Waals surface area contributed by atoms with Crippen molar-refractivity contribution in [2.24, 2.45) is 0 Å². The maximum Gasteiger partial charge on any atom is 0.0472 e. The van der Waals surface area contributed by atoms with E-state index < -0.39 is 0 Å². The predicted molar refractivity (Wildman–Crippen MR) is 78.4 cm³/mol. The molecule has 1 nitrogen and oxygen atoms in total. The molecule has 17 heavy (non-hydrogen) atoms. The zero-order chi connectivity index (χ0) is 12.5. The molecule has 0 saturated heterocycles. The van der Waals surface area contributed by atoms with E-state index in [4.69, 9.17) is 0 Å². The maximum absolute atomic E-state index is 3.35. The zero-order valence-electron chi connectivity index (χ0n) is 10.6. The topological polar surface area (TPSA) is 12.0 Å². The van der Waals surface area contributed by atoms with Crippen LogP contribution >= 0.6 is 11.9 Å². The lowest BCUT2D eigenvalue weighted by atomic mass is 10.2. The van der Waals surface area contributed by atoms with Gasteiger partial charge in [-0.05, 0) is 42.6 Å². The lowest BCUT2D eigenvalue weighted by Crippen LogP contribution is -1.88. The first-order chi connectivity index (χ1) is 8.36. The van der Waals surface area contributed by atoms with Crippen molar-refractivity contribution in [2.45, 2.75) is 25.7 Å². The van der Waals surface area contributed by atoms with Gasteiger partial charge in [0.25, 0.3) is 0 Å². The maximum atomic E-state index is 3.35. The minimum atomic E-state index is 1.17. The van der Waals surface area contributed by atoms with Crippen LogP contribution in [0.25, 0.3) is 0 Å². The van der Waals surface area contributed by atoms with Gasteiger partial charge in [0.05, 0.1) is 0 Å². The molecule has 0 spiro atoms. The minimum Gasteiger partial charge on any atom is -0.325 e. The fourth-order valence-electron chi connectivity index (χ4n) is 1.29. The second kappa shape index (κ2) is 7.80. The van der Waals surface area contributed by atoms with Gasteiger partial charge < -0.3 is 4.72 Å². The average Bonchev–Trinajstić information content (AvgIpc) is 2.41. The van der Waals surface area contributed by atoms with Crippen LogP contribution in [0.5, 0.6) is 0 Å². The second-order valence-corrected chi connectivity index (χ2v) is 4.21. The van der Waals surface area contributed by atoms with Crippen molar-refractivity contribution in [2.75, 3.05) is 4.72 Å². The molecule has 1 N–H and O–H groups in total. The number of benzene rings is 2. The summed E-state index contributed by atoms with van der Waals surface area (Å²) in [5.41, 5.74) is 2.44. The lowest BCUT2D eigenvalue weighted by molar-refractivity contribution is 1.45. The standard InChI is InChI=1S/C13H13NS.C2H6/c1-11-7-5-6-10-13(11)14-15-12-8-3-2-4-9-12;1-2/h2-10,14H,1H3;1-2H3. The summed E-state index contributed by atoms with van der Waals surface area (Å²) in [4.78, 5) is 1.22. The molecule has 0 unspecified atom stereocenters. The van der Waals surface area contributed by atoms with Crippen LogP contribution < -0.4 is 4.72 Å². The zero-order valence-corrected chi connectivity index (χ0v) is 11.4. The van der Waals surface area contributed by atoms with Crippen molar-refractivity contribution in [1.29, 1.82) is 0 Å². The highest BCUT2D eigenvalue weighted by molar-refractivity contribution is 8.00. The van der Waals surface area contributed by atoms with Gasteiger partial charge in [-0.25, -0.2) is 0 Å². The highest BCUT2D eigenvalue weighted by atomic mass is 32.2. The minimum absolute atomic E-state index is 1.17. The van der Waals surface area contributed by atoms with E-state index in [1.54, 1.807) is 11.9 Å². The molecule has 0 radical (unpaired) electrons. The van der Waals surface area contributed by atoms with Gasteiger partial charge in [-0.1, -0.05) is 50.2 Å². The quantitative estimate of drug-likeness (QED) is 0.751. The number of rotatable bonds is 3. The largest absolute Gasteiger partial charge is 0.325 e. The van der Waals surface area contributed by atoms with Gasteiger partial charge in [0.1, 0.15) is 0 Å². The SMILES string of the molecule is CC.Cc1ccccc1NSc1ccccc1. The van der Waals surface area contributed by atoms with E-state index in [0.29, 0.717) is 0 Å². The van der Waals surface area contributed by atoms with Crippen LogP contribution in [0.2, 0.25) is 0 Å². The van der Waals surface area contributed by atoms with E-state index in [-0.39, 0.29) is 0 Å². The van der Waals surface area contributed by atoms with Crippen molar-refractivity contribution in [3.8, 4) is 0 Å². The van der Waals surface area contributed by atoms with Crippen LogP contribution in [0.3, 0.4) is 0 Å². The summed E-state index contributed by atoms with van der Waals surface area (Å²) in [6.07, 6.45) is 0. The van der Waals surface area contributed by atoms with Crippen LogP contribution in [0.4, 0.5) is 5.69 Å². The molecule has 2 aromatic rings. The predicted octanol–water partition coefficient (Wildman–Crippen LogP) is 5.14. The highest BCUT2D eigenvalue weighted by Gasteiger charge is 1.96. The van der Waals surface area contributed by atoms with Gasteiger partial charge >= 0.3 is 0 Å². The molecule has 2 rings (SSSR count). The van der Waals surface area contributed by atoms with E-state index in [1.807, 2.05) is 44.2 Å². The third-order valence-corrected chi connectivity index (χ3v) is 3.00. The van der Waals surface area contributed by atoms with Crippen molar-refractivity contribution >= 4 is 17.6 Å². The Balaban J connectivity index is 0.000000686. The second-order valence-electron chi connectivity index (χ2n) is 3.33. The fourth-order valence-corrected chi connectivity index (χ4v) is 2.04. The van der Waals surface area contributed by atoms with Crippen molar-refractivity contribution in [3.63, 3.8) is 0 Å². The van der Waals surface area contributed by atoms with Gasteiger partial charge in [-0.2, -0.15) is 0 Å². The van der Waals surface area contributed by atoms with E-state index in [1.165, 1.54) is 16.1 Å². The Morgan fingerprint density at radius 1 is 0.824 bits per heavy atom. The Kier molecular flexibility index (Phi) is 6.26. The molecule has 90 valence electrons. The molecule has 2 heteroatoms. The van der Waals surface area contributed by atoms with Crippen molar-refractivity contribution in [1.82, 2.24) is 0 Å². The third-order valence-electron chi connectivity index (χ3n) is 2.17. The average molecular weight is 245 g/mol. The van der Waals surface area contributed by atoms with Crippen molar-refractivity contribution in [3.05, 3.63) is 60.2 Å². The Morgan fingerprint density at radius 3 is 2.06 bits per heavy atom. The molecule has 0 heterocycles. The summed E-state index contributed by atoms with van der Waals surface area (Å²) in [5.74, 6) is 0. The van der Waals surface area contributed by atoms with Crippen LogP contribution in [0.1, 0.15) is 19.4 Å². The summed E-state index contributed by atoms with van der Waals surface area (Å²) in [7, 11) is 0. The van der Waals surface area contributed by atoms with Gasteiger partial charge in [-0.15, -0.1) is 0 Å². The number of aryl methyl sites for hydroxylation is 1. The number of hydrogen-bond donors (Lipinski definition) is 1. The monoisotopic (exact) mass is 245 g/mol. The van der Waals surface area contributed by atoms with Gasteiger partial charge in [0, 0.05) is 10.6 Å². The molecule has 0 amide bonds. The fraction of sp³-hybridized carbons (Fsp3) is 0.200. The first-order valence-electron chi connectivity index (χ1n) is 5.90. The molecule has 0 aliphatic heterocycles.